The van der Waals surface area contributed by atoms with Crippen LogP contribution in [-0.4, -0.2) is 24.5 Å². The zero-order chi connectivity index (χ0) is 16.2. The Balaban J connectivity index is 2.00. The first kappa shape index (κ1) is 15.3. The second-order valence-corrected chi connectivity index (χ2v) is 6.05. The fourth-order valence-corrected chi connectivity index (χ4v) is 3.01. The lowest BCUT2D eigenvalue weighted by Crippen LogP contribution is -2.02. The highest BCUT2D eigenvalue weighted by atomic mass is 32.2. The monoisotopic (exact) mass is 324 g/mol. The van der Waals surface area contributed by atoms with E-state index in [0.29, 0.717) is 17.8 Å². The van der Waals surface area contributed by atoms with E-state index in [-0.39, 0.29) is 0 Å². The van der Waals surface area contributed by atoms with Gasteiger partial charge in [-0.2, -0.15) is 0 Å². The van der Waals surface area contributed by atoms with Crippen LogP contribution in [0.25, 0.3) is 11.2 Å². The summed E-state index contributed by atoms with van der Waals surface area (Å²) in [6.45, 7) is 2.73. The van der Waals surface area contributed by atoms with E-state index < -0.39 is 0 Å². The quantitative estimate of drug-likeness (QED) is 0.574. The summed E-state index contributed by atoms with van der Waals surface area (Å²) in [5.74, 6) is 3.03. The SMILES string of the molecule is C#CCCCn1c(Sc2ccc(C)cn2)nc2c(N)ncnc21. The van der Waals surface area contributed by atoms with Gasteiger partial charge in [-0.25, -0.2) is 19.9 Å². The predicted molar refractivity (Wildman–Crippen MR) is 90.9 cm³/mol. The van der Waals surface area contributed by atoms with Crippen molar-refractivity contribution in [3.63, 3.8) is 0 Å². The molecule has 0 saturated carbocycles. The molecule has 3 aromatic rings. The highest BCUT2D eigenvalue weighted by Crippen LogP contribution is 2.29. The highest BCUT2D eigenvalue weighted by molar-refractivity contribution is 7.99. The average Bonchev–Trinajstić information content (AvgIpc) is 2.89. The summed E-state index contributed by atoms with van der Waals surface area (Å²) < 4.78 is 2.02. The molecule has 23 heavy (non-hydrogen) atoms. The maximum Gasteiger partial charge on any atom is 0.176 e. The van der Waals surface area contributed by atoms with Gasteiger partial charge in [-0.05, 0) is 36.7 Å². The molecule has 7 heteroatoms. The van der Waals surface area contributed by atoms with Crippen LogP contribution in [0.5, 0.6) is 0 Å². The van der Waals surface area contributed by atoms with Crippen molar-refractivity contribution in [1.82, 2.24) is 24.5 Å². The van der Waals surface area contributed by atoms with Crippen LogP contribution in [-0.2, 0) is 6.54 Å². The van der Waals surface area contributed by atoms with Crippen LogP contribution in [0.1, 0.15) is 18.4 Å². The Morgan fingerprint density at radius 1 is 1.30 bits per heavy atom. The molecule has 3 aromatic heterocycles. The van der Waals surface area contributed by atoms with Gasteiger partial charge in [-0.1, -0.05) is 6.07 Å². The molecule has 0 spiro atoms. The van der Waals surface area contributed by atoms with Crippen molar-refractivity contribution in [2.45, 2.75) is 36.5 Å². The molecular weight excluding hydrogens is 308 g/mol. The van der Waals surface area contributed by atoms with Crippen LogP contribution >= 0.6 is 11.8 Å². The van der Waals surface area contributed by atoms with Crippen molar-refractivity contribution in [1.29, 1.82) is 0 Å². The van der Waals surface area contributed by atoms with Gasteiger partial charge in [0.25, 0.3) is 0 Å². The fourth-order valence-electron chi connectivity index (χ4n) is 2.16. The minimum absolute atomic E-state index is 0.379. The Hall–Kier alpha value is -2.59. The van der Waals surface area contributed by atoms with E-state index in [1.54, 1.807) is 0 Å². The third-order valence-electron chi connectivity index (χ3n) is 3.31. The van der Waals surface area contributed by atoms with E-state index >= 15 is 0 Å². The largest absolute Gasteiger partial charge is 0.382 e. The first-order valence-electron chi connectivity index (χ1n) is 7.19. The second kappa shape index (κ2) is 6.67. The van der Waals surface area contributed by atoms with Crippen molar-refractivity contribution >= 4 is 28.7 Å². The third-order valence-corrected chi connectivity index (χ3v) is 4.25. The number of aromatic nitrogens is 5. The Bertz CT molecular complexity index is 863. The highest BCUT2D eigenvalue weighted by Gasteiger charge is 2.16. The van der Waals surface area contributed by atoms with Gasteiger partial charge in [0, 0.05) is 19.2 Å². The first-order chi connectivity index (χ1) is 11.2. The molecule has 116 valence electrons. The minimum Gasteiger partial charge on any atom is -0.382 e. The number of hydrogen-bond acceptors (Lipinski definition) is 6. The zero-order valence-electron chi connectivity index (χ0n) is 12.7. The Kier molecular flexibility index (Phi) is 4.44. The van der Waals surface area contributed by atoms with Crippen LogP contribution < -0.4 is 5.73 Å². The average molecular weight is 324 g/mol. The molecule has 6 nitrogen and oxygen atoms in total. The number of imidazole rings is 1. The molecule has 2 N–H and O–H groups in total. The van der Waals surface area contributed by atoms with Crippen LogP contribution in [0.2, 0.25) is 0 Å². The number of aryl methyl sites for hydroxylation is 2. The maximum atomic E-state index is 5.92. The lowest BCUT2D eigenvalue weighted by molar-refractivity contribution is 0.615. The van der Waals surface area contributed by atoms with Crippen molar-refractivity contribution < 1.29 is 0 Å². The molecular formula is C16H16N6S. The van der Waals surface area contributed by atoms with Gasteiger partial charge < -0.3 is 10.3 Å². The summed E-state index contributed by atoms with van der Waals surface area (Å²) in [6, 6.07) is 4.00. The van der Waals surface area contributed by atoms with Gasteiger partial charge in [-0.3, -0.25) is 0 Å². The van der Waals surface area contributed by atoms with E-state index in [4.69, 9.17) is 12.2 Å². The maximum absolute atomic E-state index is 5.92. The van der Waals surface area contributed by atoms with Crippen LogP contribution in [0.3, 0.4) is 0 Å². The van der Waals surface area contributed by atoms with Gasteiger partial charge in [0.1, 0.15) is 11.4 Å². The predicted octanol–water partition coefficient (Wildman–Crippen LogP) is 2.68. The number of terminal acetylenes is 1. The standard InChI is InChI=1S/C16H16N6S/c1-3-4-5-8-22-15-13(14(17)19-10-20-15)21-16(22)23-12-7-6-11(2)9-18-12/h1,6-7,9-10H,4-5,8H2,2H3,(H2,17,19,20). The first-order valence-corrected chi connectivity index (χ1v) is 8.01. The number of unbranched alkanes of at least 4 members (excludes halogenated alkanes) is 1. The molecule has 0 aliphatic carbocycles. The molecule has 0 bridgehead atoms. The van der Waals surface area contributed by atoms with Crippen LogP contribution in [0.4, 0.5) is 5.82 Å². The summed E-state index contributed by atoms with van der Waals surface area (Å²) in [6.07, 6.45) is 10.2. The third kappa shape index (κ3) is 3.27. The van der Waals surface area contributed by atoms with Crippen molar-refractivity contribution in [2.75, 3.05) is 5.73 Å². The van der Waals surface area contributed by atoms with Crippen molar-refractivity contribution in [3.05, 3.63) is 30.2 Å². The number of nitrogens with zero attached hydrogens (tertiary/aromatic N) is 5. The molecule has 0 unspecified atom stereocenters. The summed E-state index contributed by atoms with van der Waals surface area (Å²) >= 11 is 1.48. The van der Waals surface area contributed by atoms with Gasteiger partial charge in [-0.15, -0.1) is 12.3 Å². The summed E-state index contributed by atoms with van der Waals surface area (Å²) in [5, 5.41) is 1.66. The second-order valence-electron chi connectivity index (χ2n) is 5.06. The topological polar surface area (TPSA) is 82.5 Å². The van der Waals surface area contributed by atoms with Crippen molar-refractivity contribution in [3.8, 4) is 12.3 Å². The van der Waals surface area contributed by atoms with Crippen molar-refractivity contribution in [2.24, 2.45) is 0 Å². The molecule has 0 atom stereocenters. The number of rotatable bonds is 5. The zero-order valence-corrected chi connectivity index (χ0v) is 13.5. The number of anilines is 1. The molecule has 0 fully saturated rings. The minimum atomic E-state index is 0.379. The molecule has 0 radical (unpaired) electrons. The summed E-state index contributed by atoms with van der Waals surface area (Å²) in [7, 11) is 0. The van der Waals surface area contributed by atoms with E-state index in [2.05, 4.69) is 25.9 Å². The molecule has 0 saturated heterocycles. The summed E-state index contributed by atoms with van der Waals surface area (Å²) in [4.78, 5) is 17.3. The number of pyridine rings is 1. The van der Waals surface area contributed by atoms with Gasteiger partial charge in [0.2, 0.25) is 0 Å². The number of hydrogen-bond donors (Lipinski definition) is 1. The molecule has 0 aliphatic rings. The lowest BCUT2D eigenvalue weighted by Gasteiger charge is -2.07. The van der Waals surface area contributed by atoms with Crippen LogP contribution in [0, 0.1) is 19.3 Å². The molecule has 0 aliphatic heterocycles. The van der Waals surface area contributed by atoms with Gasteiger partial charge in [0.15, 0.2) is 22.1 Å². The Labute approximate surface area is 138 Å². The molecule has 3 rings (SSSR count). The number of nitrogens with two attached hydrogens (primary N) is 1. The van der Waals surface area contributed by atoms with E-state index in [1.165, 1.54) is 18.1 Å². The normalized spacial score (nSPS) is 10.8. The smallest absolute Gasteiger partial charge is 0.176 e. The molecule has 0 amide bonds. The van der Waals surface area contributed by atoms with Gasteiger partial charge >= 0.3 is 0 Å². The van der Waals surface area contributed by atoms with E-state index in [9.17, 15) is 0 Å². The lowest BCUT2D eigenvalue weighted by atomic mass is 10.3. The Morgan fingerprint density at radius 3 is 2.91 bits per heavy atom. The number of fused-ring (bicyclic) bond motifs is 1. The van der Waals surface area contributed by atoms with Gasteiger partial charge in [0.05, 0.1) is 0 Å². The van der Waals surface area contributed by atoms with E-state index in [0.717, 1.165) is 34.4 Å². The summed E-state index contributed by atoms with van der Waals surface area (Å²) in [5.41, 5.74) is 8.38. The molecule has 3 heterocycles. The molecule has 0 aromatic carbocycles. The Morgan fingerprint density at radius 2 is 2.17 bits per heavy atom. The van der Waals surface area contributed by atoms with E-state index in [1.807, 2.05) is 29.8 Å². The van der Waals surface area contributed by atoms with Crippen LogP contribution in [0.15, 0.2) is 34.8 Å². The number of nitrogen functional groups attached to an aromatic ring is 1. The fraction of sp³-hybridized carbons (Fsp3) is 0.250.